The Morgan fingerprint density at radius 1 is 1.33 bits per heavy atom. The van der Waals surface area contributed by atoms with Crippen molar-refractivity contribution in [1.82, 2.24) is 4.90 Å². The summed E-state index contributed by atoms with van der Waals surface area (Å²) in [5.74, 6) is 0.916. The zero-order valence-electron chi connectivity index (χ0n) is 11.5. The molecule has 1 aliphatic rings. The Labute approximate surface area is 111 Å². The number of nitrogens with two attached hydrogens (primary N) is 1. The van der Waals surface area contributed by atoms with Crippen LogP contribution >= 0.6 is 0 Å². The molecule has 0 saturated carbocycles. The Kier molecular flexibility index (Phi) is 5.21. The van der Waals surface area contributed by atoms with Crippen molar-refractivity contribution in [2.75, 3.05) is 19.6 Å². The average molecular weight is 246 g/mol. The van der Waals surface area contributed by atoms with E-state index in [1.165, 1.54) is 37.9 Å². The number of likely N-dealkylation sites (tertiary alicyclic amines) is 1. The van der Waals surface area contributed by atoms with Crippen LogP contribution in [0.1, 0.15) is 31.7 Å². The second-order valence-corrected chi connectivity index (χ2v) is 5.65. The molecule has 0 spiro atoms. The van der Waals surface area contributed by atoms with Crippen molar-refractivity contribution in [1.29, 1.82) is 0 Å². The van der Waals surface area contributed by atoms with Gasteiger partial charge in [-0.05, 0) is 37.3 Å². The zero-order valence-corrected chi connectivity index (χ0v) is 11.5. The van der Waals surface area contributed by atoms with Gasteiger partial charge in [-0.1, -0.05) is 43.7 Å². The monoisotopic (exact) mass is 246 g/mol. The second kappa shape index (κ2) is 6.91. The second-order valence-electron chi connectivity index (χ2n) is 5.65. The van der Waals surface area contributed by atoms with Crippen molar-refractivity contribution in [3.05, 3.63) is 35.9 Å². The summed E-state index contributed by atoms with van der Waals surface area (Å²) in [4.78, 5) is 2.55. The molecule has 0 bridgehead atoms. The molecule has 1 aromatic carbocycles. The molecule has 1 saturated heterocycles. The van der Waals surface area contributed by atoms with Gasteiger partial charge in [0.2, 0.25) is 0 Å². The van der Waals surface area contributed by atoms with Crippen LogP contribution in [0.3, 0.4) is 0 Å². The molecule has 1 aromatic rings. The molecule has 18 heavy (non-hydrogen) atoms. The number of rotatable bonds is 6. The van der Waals surface area contributed by atoms with Gasteiger partial charge in [0.25, 0.3) is 0 Å². The lowest BCUT2D eigenvalue weighted by Crippen LogP contribution is -2.37. The third-order valence-corrected chi connectivity index (χ3v) is 3.90. The lowest BCUT2D eigenvalue weighted by atomic mass is 10.0. The third-order valence-electron chi connectivity index (χ3n) is 3.90. The van der Waals surface area contributed by atoms with Gasteiger partial charge in [-0.25, -0.2) is 0 Å². The van der Waals surface area contributed by atoms with Gasteiger partial charge in [-0.2, -0.15) is 0 Å². The normalized spacial score (nSPS) is 22.2. The van der Waals surface area contributed by atoms with Crippen LogP contribution in [0.5, 0.6) is 0 Å². The van der Waals surface area contributed by atoms with E-state index in [9.17, 15) is 0 Å². The van der Waals surface area contributed by atoms with Gasteiger partial charge in [0, 0.05) is 19.1 Å². The summed E-state index contributed by atoms with van der Waals surface area (Å²) >= 11 is 0. The molecule has 0 amide bonds. The van der Waals surface area contributed by atoms with Crippen LogP contribution in [0.2, 0.25) is 0 Å². The fraction of sp³-hybridized carbons (Fsp3) is 0.625. The molecule has 0 aromatic heterocycles. The summed E-state index contributed by atoms with van der Waals surface area (Å²) in [6.07, 6.45) is 5.06. The van der Waals surface area contributed by atoms with E-state index in [1.807, 2.05) is 0 Å². The first-order chi connectivity index (χ1) is 8.78. The maximum atomic E-state index is 6.26. The molecule has 2 N–H and O–H groups in total. The average Bonchev–Trinajstić information content (AvgIpc) is 2.78. The van der Waals surface area contributed by atoms with E-state index in [0.29, 0.717) is 0 Å². The summed E-state index contributed by atoms with van der Waals surface area (Å²) in [5, 5.41) is 0. The maximum absolute atomic E-state index is 6.26. The van der Waals surface area contributed by atoms with E-state index < -0.39 is 0 Å². The van der Waals surface area contributed by atoms with E-state index in [4.69, 9.17) is 5.73 Å². The topological polar surface area (TPSA) is 29.3 Å². The van der Waals surface area contributed by atoms with Crippen LogP contribution in [0.15, 0.2) is 30.3 Å². The molecule has 2 heteroatoms. The van der Waals surface area contributed by atoms with Gasteiger partial charge >= 0.3 is 0 Å². The highest BCUT2D eigenvalue weighted by molar-refractivity contribution is 5.15. The Morgan fingerprint density at radius 3 is 2.83 bits per heavy atom. The van der Waals surface area contributed by atoms with Crippen LogP contribution in [0, 0.1) is 5.92 Å². The molecular weight excluding hydrogens is 220 g/mol. The van der Waals surface area contributed by atoms with Crippen molar-refractivity contribution in [2.24, 2.45) is 11.7 Å². The summed E-state index contributed by atoms with van der Waals surface area (Å²) in [6.45, 7) is 5.84. The molecule has 0 aliphatic carbocycles. The maximum Gasteiger partial charge on any atom is 0.0208 e. The first kappa shape index (κ1) is 13.6. The molecule has 2 atom stereocenters. The molecule has 0 radical (unpaired) electrons. The first-order valence-electron chi connectivity index (χ1n) is 7.29. The zero-order chi connectivity index (χ0) is 12.8. The first-order valence-corrected chi connectivity index (χ1v) is 7.29. The fourth-order valence-electron chi connectivity index (χ4n) is 3.04. The molecule has 1 fully saturated rings. The summed E-state index contributed by atoms with van der Waals surface area (Å²) < 4.78 is 0. The van der Waals surface area contributed by atoms with Gasteiger partial charge in [0.1, 0.15) is 0 Å². The largest absolute Gasteiger partial charge is 0.326 e. The smallest absolute Gasteiger partial charge is 0.0208 e. The van der Waals surface area contributed by atoms with E-state index in [-0.39, 0.29) is 6.04 Å². The molecule has 2 unspecified atom stereocenters. The fourth-order valence-corrected chi connectivity index (χ4v) is 3.04. The van der Waals surface area contributed by atoms with E-state index in [0.717, 1.165) is 18.9 Å². The van der Waals surface area contributed by atoms with Gasteiger partial charge in [0.15, 0.2) is 0 Å². The van der Waals surface area contributed by atoms with Gasteiger partial charge in [0.05, 0.1) is 0 Å². The lowest BCUT2D eigenvalue weighted by Gasteiger charge is -2.21. The Hall–Kier alpha value is -0.860. The highest BCUT2D eigenvalue weighted by atomic mass is 15.2. The van der Waals surface area contributed by atoms with Crippen LogP contribution in [-0.4, -0.2) is 30.6 Å². The lowest BCUT2D eigenvalue weighted by molar-refractivity contribution is 0.298. The Balaban J connectivity index is 1.73. The van der Waals surface area contributed by atoms with Crippen molar-refractivity contribution >= 4 is 0 Å². The van der Waals surface area contributed by atoms with E-state index in [1.54, 1.807) is 0 Å². The molecular formula is C16H26N2. The Morgan fingerprint density at radius 2 is 2.11 bits per heavy atom. The van der Waals surface area contributed by atoms with E-state index >= 15 is 0 Å². The molecule has 2 nitrogen and oxygen atoms in total. The van der Waals surface area contributed by atoms with Crippen molar-refractivity contribution in [3.63, 3.8) is 0 Å². The van der Waals surface area contributed by atoms with Crippen LogP contribution in [0.25, 0.3) is 0 Å². The van der Waals surface area contributed by atoms with Gasteiger partial charge in [-0.15, -0.1) is 0 Å². The molecule has 2 rings (SSSR count). The van der Waals surface area contributed by atoms with Crippen molar-refractivity contribution in [2.45, 2.75) is 38.6 Å². The van der Waals surface area contributed by atoms with Crippen molar-refractivity contribution < 1.29 is 0 Å². The predicted molar refractivity (Wildman–Crippen MR) is 77.6 cm³/mol. The minimum Gasteiger partial charge on any atom is -0.326 e. The number of hydrogen-bond donors (Lipinski definition) is 1. The molecule has 1 aliphatic heterocycles. The predicted octanol–water partition coefficient (Wildman–Crippen LogP) is 2.68. The van der Waals surface area contributed by atoms with Crippen molar-refractivity contribution in [3.8, 4) is 0 Å². The molecule has 1 heterocycles. The highest BCUT2D eigenvalue weighted by Gasteiger charge is 2.22. The minimum absolute atomic E-state index is 0.271. The van der Waals surface area contributed by atoms with Crippen LogP contribution < -0.4 is 5.73 Å². The summed E-state index contributed by atoms with van der Waals surface area (Å²) in [5.41, 5.74) is 7.62. The summed E-state index contributed by atoms with van der Waals surface area (Å²) in [6, 6.07) is 10.9. The number of nitrogens with zero attached hydrogens (tertiary/aromatic N) is 1. The minimum atomic E-state index is 0.271. The van der Waals surface area contributed by atoms with E-state index in [2.05, 4.69) is 42.2 Å². The molecule has 100 valence electrons. The van der Waals surface area contributed by atoms with Crippen LogP contribution in [0.4, 0.5) is 0 Å². The number of hydrogen-bond acceptors (Lipinski definition) is 2. The summed E-state index contributed by atoms with van der Waals surface area (Å²) in [7, 11) is 0. The third kappa shape index (κ3) is 4.11. The number of benzene rings is 1. The SMILES string of the molecule is CCCC1CCN(CC(N)Cc2ccccc2)C1. The quantitative estimate of drug-likeness (QED) is 0.836. The van der Waals surface area contributed by atoms with Crippen LogP contribution in [-0.2, 0) is 6.42 Å². The van der Waals surface area contributed by atoms with Gasteiger partial charge < -0.3 is 10.6 Å². The Bertz CT molecular complexity index is 336. The van der Waals surface area contributed by atoms with Gasteiger partial charge in [-0.3, -0.25) is 0 Å². The highest BCUT2D eigenvalue weighted by Crippen LogP contribution is 2.20. The standard InChI is InChI=1S/C16H26N2/c1-2-6-15-9-10-18(12-15)13-16(17)11-14-7-4-3-5-8-14/h3-5,7-8,15-16H,2,6,9-13,17H2,1H3.